The summed E-state index contributed by atoms with van der Waals surface area (Å²) in [5.74, 6) is -0.368. The summed E-state index contributed by atoms with van der Waals surface area (Å²) in [5.41, 5.74) is 3.58. The van der Waals surface area contributed by atoms with Gasteiger partial charge in [0.25, 0.3) is 15.9 Å². The molecular formula is C26H28N2O4S. The van der Waals surface area contributed by atoms with Crippen LogP contribution in [0.15, 0.2) is 77.7 Å². The molecule has 0 atom stereocenters. The van der Waals surface area contributed by atoms with Crippen molar-refractivity contribution in [2.24, 2.45) is 0 Å². The van der Waals surface area contributed by atoms with Crippen molar-refractivity contribution < 1.29 is 17.9 Å². The molecule has 1 amide bonds. The number of para-hydroxylation sites is 1. The Hall–Kier alpha value is -3.16. The second-order valence-corrected chi connectivity index (χ2v) is 10.2. The van der Waals surface area contributed by atoms with Crippen molar-refractivity contribution in [2.75, 3.05) is 16.2 Å². The van der Waals surface area contributed by atoms with Gasteiger partial charge in [-0.1, -0.05) is 36.4 Å². The molecular weight excluding hydrogens is 436 g/mol. The average Bonchev–Trinajstić information content (AvgIpc) is 2.82. The Balaban J connectivity index is 1.55. The molecule has 172 valence electrons. The summed E-state index contributed by atoms with van der Waals surface area (Å²) in [6, 6.07) is 21.2. The van der Waals surface area contributed by atoms with Crippen LogP contribution in [0.3, 0.4) is 0 Å². The predicted octanol–water partition coefficient (Wildman–Crippen LogP) is 5.01. The zero-order valence-corrected chi connectivity index (χ0v) is 19.6. The SMILES string of the molecule is CC(C)OCc1cccc(NC(=O)c2cccc(S(=O)(=O)N3CCCc4ccccc43)c2)c1. The van der Waals surface area contributed by atoms with Gasteiger partial charge in [-0.3, -0.25) is 9.10 Å². The molecule has 1 aliphatic heterocycles. The summed E-state index contributed by atoms with van der Waals surface area (Å²) < 4.78 is 33.9. The Morgan fingerprint density at radius 2 is 1.82 bits per heavy atom. The van der Waals surface area contributed by atoms with Crippen molar-refractivity contribution in [3.05, 3.63) is 89.5 Å². The van der Waals surface area contributed by atoms with Crippen LogP contribution in [0, 0.1) is 0 Å². The molecule has 4 rings (SSSR count). The summed E-state index contributed by atoms with van der Waals surface area (Å²) in [7, 11) is -3.79. The number of hydrogen-bond donors (Lipinski definition) is 1. The first-order chi connectivity index (χ1) is 15.8. The number of amides is 1. The second-order valence-electron chi connectivity index (χ2n) is 8.35. The van der Waals surface area contributed by atoms with Crippen LogP contribution in [0.25, 0.3) is 0 Å². The Bertz CT molecular complexity index is 1250. The highest BCUT2D eigenvalue weighted by atomic mass is 32.2. The van der Waals surface area contributed by atoms with Gasteiger partial charge in [-0.2, -0.15) is 0 Å². The van der Waals surface area contributed by atoms with Crippen molar-refractivity contribution in [1.82, 2.24) is 0 Å². The number of carbonyl (C=O) groups is 1. The second kappa shape index (κ2) is 9.77. The molecule has 0 saturated heterocycles. The maximum absolute atomic E-state index is 13.4. The Kier molecular flexibility index (Phi) is 6.81. The minimum atomic E-state index is -3.79. The number of aryl methyl sites for hydroxylation is 1. The zero-order chi connectivity index (χ0) is 23.4. The van der Waals surface area contributed by atoms with Crippen LogP contribution in [0.4, 0.5) is 11.4 Å². The van der Waals surface area contributed by atoms with E-state index in [2.05, 4.69) is 5.32 Å². The van der Waals surface area contributed by atoms with Gasteiger partial charge in [0.2, 0.25) is 0 Å². The highest BCUT2D eigenvalue weighted by Crippen LogP contribution is 2.32. The minimum Gasteiger partial charge on any atom is -0.374 e. The number of sulfonamides is 1. The largest absolute Gasteiger partial charge is 0.374 e. The lowest BCUT2D eigenvalue weighted by Gasteiger charge is -2.30. The number of nitrogens with one attached hydrogen (secondary N) is 1. The van der Waals surface area contributed by atoms with Crippen molar-refractivity contribution in [2.45, 2.75) is 44.3 Å². The van der Waals surface area contributed by atoms with E-state index in [1.54, 1.807) is 18.2 Å². The van der Waals surface area contributed by atoms with Crippen LogP contribution < -0.4 is 9.62 Å². The van der Waals surface area contributed by atoms with Crippen LogP contribution in [0.2, 0.25) is 0 Å². The van der Waals surface area contributed by atoms with Crippen LogP contribution >= 0.6 is 0 Å². The first kappa shape index (κ1) is 23.0. The number of fused-ring (bicyclic) bond motifs is 1. The molecule has 0 spiro atoms. The summed E-state index contributed by atoms with van der Waals surface area (Å²) in [5, 5.41) is 2.86. The molecule has 0 unspecified atom stereocenters. The number of benzene rings is 3. The van der Waals surface area contributed by atoms with Gasteiger partial charge < -0.3 is 10.1 Å². The number of anilines is 2. The normalized spacial score (nSPS) is 13.6. The van der Waals surface area contributed by atoms with E-state index in [0.717, 1.165) is 24.0 Å². The van der Waals surface area contributed by atoms with E-state index < -0.39 is 10.0 Å². The lowest BCUT2D eigenvalue weighted by Crippen LogP contribution is -2.35. The average molecular weight is 465 g/mol. The van der Waals surface area contributed by atoms with E-state index >= 15 is 0 Å². The lowest BCUT2D eigenvalue weighted by molar-refractivity contribution is 0.0657. The van der Waals surface area contributed by atoms with Crippen LogP contribution in [0.5, 0.6) is 0 Å². The highest BCUT2D eigenvalue weighted by molar-refractivity contribution is 7.92. The molecule has 0 fully saturated rings. The van der Waals surface area contributed by atoms with Gasteiger partial charge in [-0.05, 0) is 74.2 Å². The Labute approximate surface area is 195 Å². The zero-order valence-electron chi connectivity index (χ0n) is 18.8. The summed E-state index contributed by atoms with van der Waals surface area (Å²) >= 11 is 0. The molecule has 0 aromatic heterocycles. The van der Waals surface area contributed by atoms with Gasteiger partial charge >= 0.3 is 0 Å². The minimum absolute atomic E-state index is 0.103. The highest BCUT2D eigenvalue weighted by Gasteiger charge is 2.29. The molecule has 0 saturated carbocycles. The topological polar surface area (TPSA) is 75.7 Å². The fourth-order valence-corrected chi connectivity index (χ4v) is 5.47. The fourth-order valence-electron chi connectivity index (χ4n) is 3.88. The molecule has 3 aromatic rings. The van der Waals surface area contributed by atoms with Gasteiger partial charge in [0.15, 0.2) is 0 Å². The number of rotatable bonds is 7. The van der Waals surface area contributed by atoms with E-state index in [4.69, 9.17) is 4.74 Å². The van der Waals surface area contributed by atoms with Gasteiger partial charge in [0.1, 0.15) is 0 Å². The quantitative estimate of drug-likeness (QED) is 0.534. The van der Waals surface area contributed by atoms with E-state index in [-0.39, 0.29) is 22.5 Å². The van der Waals surface area contributed by atoms with Crippen molar-refractivity contribution in [3.8, 4) is 0 Å². The lowest BCUT2D eigenvalue weighted by atomic mass is 10.0. The van der Waals surface area contributed by atoms with Crippen molar-refractivity contribution in [1.29, 1.82) is 0 Å². The van der Waals surface area contributed by atoms with Gasteiger partial charge in [-0.25, -0.2) is 8.42 Å². The molecule has 1 heterocycles. The number of nitrogens with zero attached hydrogens (tertiary/aromatic N) is 1. The van der Waals surface area contributed by atoms with Gasteiger partial charge in [0.05, 0.1) is 23.3 Å². The maximum atomic E-state index is 13.4. The Morgan fingerprint density at radius 1 is 1.03 bits per heavy atom. The molecule has 1 aliphatic rings. The molecule has 3 aromatic carbocycles. The van der Waals surface area contributed by atoms with E-state index in [9.17, 15) is 13.2 Å². The molecule has 0 radical (unpaired) electrons. The third kappa shape index (κ3) is 5.26. The number of carbonyl (C=O) groups excluding carboxylic acids is 1. The first-order valence-corrected chi connectivity index (χ1v) is 12.5. The molecule has 6 nitrogen and oxygen atoms in total. The van der Waals surface area contributed by atoms with Crippen molar-refractivity contribution in [3.63, 3.8) is 0 Å². The number of hydrogen-bond acceptors (Lipinski definition) is 4. The summed E-state index contributed by atoms with van der Waals surface area (Å²) in [6.07, 6.45) is 1.72. The van der Waals surface area contributed by atoms with E-state index in [1.165, 1.54) is 16.4 Å². The molecule has 7 heteroatoms. The van der Waals surface area contributed by atoms with Crippen molar-refractivity contribution >= 4 is 27.3 Å². The molecule has 0 bridgehead atoms. The fraction of sp³-hybridized carbons (Fsp3) is 0.269. The molecule has 1 N–H and O–H groups in total. The summed E-state index contributed by atoms with van der Waals surface area (Å²) in [6.45, 7) is 4.80. The monoisotopic (exact) mass is 464 g/mol. The first-order valence-electron chi connectivity index (χ1n) is 11.1. The third-order valence-electron chi connectivity index (χ3n) is 5.52. The maximum Gasteiger partial charge on any atom is 0.264 e. The Morgan fingerprint density at radius 3 is 2.64 bits per heavy atom. The summed E-state index contributed by atoms with van der Waals surface area (Å²) in [4.78, 5) is 13.0. The van der Waals surface area contributed by atoms with Crippen LogP contribution in [-0.2, 0) is 27.8 Å². The number of ether oxygens (including phenoxy) is 1. The van der Waals surface area contributed by atoms with Crippen LogP contribution in [0.1, 0.15) is 41.8 Å². The van der Waals surface area contributed by atoms with E-state index in [0.29, 0.717) is 24.5 Å². The molecule has 0 aliphatic carbocycles. The van der Waals surface area contributed by atoms with E-state index in [1.807, 2.05) is 56.3 Å². The van der Waals surface area contributed by atoms with Crippen LogP contribution in [-0.4, -0.2) is 27.0 Å². The molecule has 33 heavy (non-hydrogen) atoms. The third-order valence-corrected chi connectivity index (χ3v) is 7.33. The standard InChI is InChI=1S/C26H28N2O4S/c1-19(2)32-18-20-8-5-12-23(16-20)27-26(29)22-10-6-13-24(17-22)33(30,31)28-15-7-11-21-9-3-4-14-25(21)28/h3-6,8-10,12-14,16-17,19H,7,11,15,18H2,1-2H3,(H,27,29). The van der Waals surface area contributed by atoms with Gasteiger partial charge in [-0.15, -0.1) is 0 Å². The van der Waals surface area contributed by atoms with Gasteiger partial charge in [0, 0.05) is 17.8 Å². The smallest absolute Gasteiger partial charge is 0.264 e. The predicted molar refractivity (Wildman–Crippen MR) is 130 cm³/mol.